The van der Waals surface area contributed by atoms with Gasteiger partial charge in [0.1, 0.15) is 17.3 Å². The van der Waals surface area contributed by atoms with Crippen LogP contribution in [0, 0.1) is 15.9 Å². The number of amides is 1. The number of halogens is 1. The smallest absolute Gasteiger partial charge is 0.433 e. The van der Waals surface area contributed by atoms with E-state index >= 15 is 0 Å². The van der Waals surface area contributed by atoms with Crippen LogP contribution in [0.15, 0.2) is 46.2 Å². The summed E-state index contributed by atoms with van der Waals surface area (Å²) in [7, 11) is 0. The molecule has 3 aromatic rings. The normalized spacial score (nSPS) is 10.5. The molecular formula is C17H12FN3O6S. The number of benzene rings is 1. The van der Waals surface area contributed by atoms with Gasteiger partial charge < -0.3 is 9.15 Å². The van der Waals surface area contributed by atoms with Gasteiger partial charge in [0.15, 0.2) is 5.13 Å². The maximum Gasteiger partial charge on any atom is 0.433 e. The van der Waals surface area contributed by atoms with Gasteiger partial charge in [0.05, 0.1) is 17.4 Å². The fourth-order valence-corrected chi connectivity index (χ4v) is 3.12. The van der Waals surface area contributed by atoms with E-state index in [0.29, 0.717) is 5.69 Å². The molecule has 0 aliphatic carbocycles. The second kappa shape index (κ2) is 7.96. The maximum absolute atomic E-state index is 14.0. The van der Waals surface area contributed by atoms with E-state index in [1.807, 2.05) is 0 Å². The number of carbonyl (C=O) groups is 2. The summed E-state index contributed by atoms with van der Waals surface area (Å²) in [5.41, 5.74) is 0.368. The zero-order valence-corrected chi connectivity index (χ0v) is 15.1. The number of nitro groups is 1. The number of ether oxygens (including phenoxy) is 1. The average Bonchev–Trinajstić information content (AvgIpc) is 3.31. The van der Waals surface area contributed by atoms with Crippen molar-refractivity contribution in [3.05, 3.63) is 69.2 Å². The molecule has 0 saturated carbocycles. The van der Waals surface area contributed by atoms with E-state index in [9.17, 15) is 24.1 Å². The zero-order chi connectivity index (χ0) is 20.3. The Balaban J connectivity index is 1.72. The Morgan fingerprint density at radius 2 is 2.07 bits per heavy atom. The molecule has 0 aliphatic heterocycles. The molecule has 28 heavy (non-hydrogen) atoms. The number of para-hydroxylation sites is 1. The van der Waals surface area contributed by atoms with Crippen LogP contribution >= 0.6 is 11.3 Å². The van der Waals surface area contributed by atoms with Gasteiger partial charge in [-0.3, -0.25) is 19.8 Å². The van der Waals surface area contributed by atoms with Gasteiger partial charge in [0, 0.05) is 12.3 Å². The highest BCUT2D eigenvalue weighted by atomic mass is 32.1. The van der Waals surface area contributed by atoms with E-state index in [-0.39, 0.29) is 23.2 Å². The molecule has 9 nitrogen and oxygen atoms in total. The molecule has 0 unspecified atom stereocenters. The molecule has 144 valence electrons. The van der Waals surface area contributed by atoms with Gasteiger partial charge in [0.25, 0.3) is 0 Å². The summed E-state index contributed by atoms with van der Waals surface area (Å²) in [5.74, 6) is -2.82. The number of esters is 1. The molecule has 1 aromatic carbocycles. The first-order valence-corrected chi connectivity index (χ1v) is 8.65. The third-order valence-corrected chi connectivity index (χ3v) is 4.34. The molecular weight excluding hydrogens is 393 g/mol. The van der Waals surface area contributed by atoms with Crippen molar-refractivity contribution in [1.82, 2.24) is 4.98 Å². The minimum Gasteiger partial charge on any atom is -0.453 e. The second-order valence-corrected chi connectivity index (χ2v) is 6.23. The number of hydrogen-bond acceptors (Lipinski definition) is 8. The Hall–Kier alpha value is -3.60. The summed E-state index contributed by atoms with van der Waals surface area (Å²) in [6.45, 7) is 1.02. The third-order valence-electron chi connectivity index (χ3n) is 3.46. The Labute approximate surface area is 161 Å². The summed E-state index contributed by atoms with van der Waals surface area (Å²) in [5, 5.41) is 12.3. The van der Waals surface area contributed by atoms with E-state index in [1.54, 1.807) is 11.4 Å². The standard InChI is InChI=1S/C17H12FN3O6S/c1-10(22)20(13-5-3-2-4-12(13)18)17-19-11(9-28-17)8-26-16(23)14-6-7-15(27-14)21(24)25/h2-7,9H,8H2,1H3. The topological polar surface area (TPSA) is 116 Å². The van der Waals surface area contributed by atoms with Gasteiger partial charge in [-0.2, -0.15) is 0 Å². The number of furan rings is 1. The van der Waals surface area contributed by atoms with Gasteiger partial charge in [0.2, 0.25) is 11.7 Å². The minimum atomic E-state index is -0.903. The van der Waals surface area contributed by atoms with E-state index in [2.05, 4.69) is 4.98 Å². The summed E-state index contributed by atoms with van der Waals surface area (Å²) >= 11 is 1.07. The van der Waals surface area contributed by atoms with Crippen LogP contribution in [0.25, 0.3) is 0 Å². The van der Waals surface area contributed by atoms with Crippen LogP contribution in [0.3, 0.4) is 0 Å². The third kappa shape index (κ3) is 4.04. The van der Waals surface area contributed by atoms with Crippen molar-refractivity contribution in [1.29, 1.82) is 0 Å². The highest BCUT2D eigenvalue weighted by Gasteiger charge is 2.22. The van der Waals surface area contributed by atoms with Gasteiger partial charge in [-0.1, -0.05) is 12.1 Å². The first kappa shape index (κ1) is 19.2. The van der Waals surface area contributed by atoms with E-state index in [4.69, 9.17) is 9.15 Å². The van der Waals surface area contributed by atoms with Crippen molar-refractivity contribution in [2.75, 3.05) is 4.90 Å². The lowest BCUT2D eigenvalue weighted by molar-refractivity contribution is -0.402. The Bertz CT molecular complexity index is 1050. The van der Waals surface area contributed by atoms with Crippen molar-refractivity contribution >= 4 is 39.9 Å². The molecule has 0 atom stereocenters. The van der Waals surface area contributed by atoms with E-state index in [0.717, 1.165) is 28.4 Å². The maximum atomic E-state index is 14.0. The second-order valence-electron chi connectivity index (χ2n) is 5.40. The molecule has 0 N–H and O–H groups in total. The average molecular weight is 405 g/mol. The summed E-state index contributed by atoms with van der Waals surface area (Å²) in [4.78, 5) is 39.0. The molecule has 2 aromatic heterocycles. The quantitative estimate of drug-likeness (QED) is 0.348. The van der Waals surface area contributed by atoms with Crippen LogP contribution in [0.1, 0.15) is 23.2 Å². The number of carbonyl (C=O) groups excluding carboxylic acids is 2. The van der Waals surface area contributed by atoms with Crippen LogP contribution in [0.4, 0.5) is 21.1 Å². The highest BCUT2D eigenvalue weighted by molar-refractivity contribution is 7.14. The molecule has 0 radical (unpaired) electrons. The van der Waals surface area contributed by atoms with E-state index in [1.165, 1.54) is 25.1 Å². The zero-order valence-electron chi connectivity index (χ0n) is 14.3. The summed E-state index contributed by atoms with van der Waals surface area (Å²) in [6, 6.07) is 7.93. The first-order chi connectivity index (χ1) is 13.4. The van der Waals surface area contributed by atoms with Crippen molar-refractivity contribution < 1.29 is 28.1 Å². The van der Waals surface area contributed by atoms with Crippen LogP contribution in [-0.4, -0.2) is 21.8 Å². The van der Waals surface area contributed by atoms with Crippen LogP contribution in [0.2, 0.25) is 0 Å². The number of anilines is 2. The molecule has 0 spiro atoms. The van der Waals surface area contributed by atoms with Crippen molar-refractivity contribution in [3.63, 3.8) is 0 Å². The summed E-state index contributed by atoms with van der Waals surface area (Å²) < 4.78 is 23.8. The molecule has 1 amide bonds. The lowest BCUT2D eigenvalue weighted by Crippen LogP contribution is -2.23. The Kier molecular flexibility index (Phi) is 5.45. The van der Waals surface area contributed by atoms with Gasteiger partial charge in [-0.05, 0) is 18.2 Å². The Morgan fingerprint density at radius 1 is 1.32 bits per heavy atom. The van der Waals surface area contributed by atoms with Crippen LogP contribution < -0.4 is 4.90 Å². The minimum absolute atomic E-state index is 0.0517. The van der Waals surface area contributed by atoms with Crippen molar-refractivity contribution in [3.8, 4) is 0 Å². The molecule has 2 heterocycles. The number of thiazole rings is 1. The van der Waals surface area contributed by atoms with Gasteiger partial charge >= 0.3 is 11.9 Å². The van der Waals surface area contributed by atoms with Gasteiger partial charge in [-0.25, -0.2) is 14.2 Å². The van der Waals surface area contributed by atoms with Crippen molar-refractivity contribution in [2.45, 2.75) is 13.5 Å². The molecule has 0 saturated heterocycles. The number of rotatable bonds is 6. The number of hydrogen-bond donors (Lipinski definition) is 0. The fraction of sp³-hybridized carbons (Fsp3) is 0.118. The summed E-state index contributed by atoms with van der Waals surface area (Å²) in [6.07, 6.45) is 0. The van der Waals surface area contributed by atoms with E-state index < -0.39 is 28.5 Å². The molecule has 0 aliphatic rings. The lowest BCUT2D eigenvalue weighted by Gasteiger charge is -2.18. The van der Waals surface area contributed by atoms with Crippen molar-refractivity contribution in [2.24, 2.45) is 0 Å². The number of nitrogens with zero attached hydrogens (tertiary/aromatic N) is 3. The Morgan fingerprint density at radius 3 is 2.71 bits per heavy atom. The highest BCUT2D eigenvalue weighted by Crippen LogP contribution is 2.31. The lowest BCUT2D eigenvalue weighted by atomic mass is 10.3. The SMILES string of the molecule is CC(=O)N(c1nc(COC(=O)c2ccc([N+](=O)[O-])o2)cs1)c1ccccc1F. The monoisotopic (exact) mass is 405 g/mol. The van der Waals surface area contributed by atoms with Gasteiger partial charge in [-0.15, -0.1) is 11.3 Å². The fourth-order valence-electron chi connectivity index (χ4n) is 2.25. The molecule has 0 bridgehead atoms. The molecule has 3 rings (SSSR count). The molecule has 0 fully saturated rings. The van der Waals surface area contributed by atoms with Crippen LogP contribution in [-0.2, 0) is 16.1 Å². The first-order valence-electron chi connectivity index (χ1n) is 7.78. The number of aromatic nitrogens is 1. The van der Waals surface area contributed by atoms with Crippen LogP contribution in [0.5, 0.6) is 0 Å². The molecule has 11 heteroatoms. The predicted octanol–water partition coefficient (Wildman–Crippen LogP) is 3.83. The predicted molar refractivity (Wildman–Crippen MR) is 95.8 cm³/mol. The largest absolute Gasteiger partial charge is 0.453 e.